The number of carbonyl (C=O) groups excluding carboxylic acids is 1. The van der Waals surface area contributed by atoms with E-state index in [2.05, 4.69) is 85.4 Å². The molecule has 35 heavy (non-hydrogen) atoms. The van der Waals surface area contributed by atoms with Crippen molar-refractivity contribution in [3.8, 4) is 0 Å². The molecule has 1 atom stereocenters. The van der Waals surface area contributed by atoms with Crippen LogP contribution in [0.4, 0.5) is 4.79 Å². The van der Waals surface area contributed by atoms with E-state index in [1.54, 1.807) is 0 Å². The molecule has 1 aliphatic rings. The lowest BCUT2D eigenvalue weighted by Crippen LogP contribution is -2.38. The highest BCUT2D eigenvalue weighted by Crippen LogP contribution is 2.35. The summed E-state index contributed by atoms with van der Waals surface area (Å²) in [7, 11) is 0. The molecule has 2 N–H and O–H groups in total. The molecule has 1 unspecified atom stereocenters. The normalized spacial score (nSPS) is 17.0. The third-order valence-corrected chi connectivity index (χ3v) is 7.65. The van der Waals surface area contributed by atoms with Crippen LogP contribution in [-0.2, 0) is 17.7 Å². The van der Waals surface area contributed by atoms with Gasteiger partial charge < -0.3 is 15.0 Å². The van der Waals surface area contributed by atoms with E-state index in [0.29, 0.717) is 19.1 Å². The fourth-order valence-corrected chi connectivity index (χ4v) is 5.85. The molecule has 1 amide bonds. The first-order valence-corrected chi connectivity index (χ1v) is 13.5. The van der Waals surface area contributed by atoms with E-state index >= 15 is 0 Å². The molecule has 3 aromatic rings. The molecule has 0 spiro atoms. The molecule has 0 bridgehead atoms. The first-order chi connectivity index (χ1) is 16.8. The van der Waals surface area contributed by atoms with Gasteiger partial charge in [-0.3, -0.25) is 4.90 Å². The van der Waals surface area contributed by atoms with Gasteiger partial charge in [-0.25, -0.2) is 4.79 Å². The van der Waals surface area contributed by atoms with Crippen molar-refractivity contribution in [2.45, 2.75) is 63.1 Å². The highest BCUT2D eigenvalue weighted by atomic mass is 32.2. The van der Waals surface area contributed by atoms with E-state index in [-0.39, 0.29) is 10.8 Å². The van der Waals surface area contributed by atoms with Gasteiger partial charge >= 0.3 is 6.09 Å². The Morgan fingerprint density at radius 2 is 2.03 bits per heavy atom. The second-order valence-electron chi connectivity index (χ2n) is 10.7. The fourth-order valence-electron chi connectivity index (χ4n) is 4.78. The molecule has 2 aromatic carbocycles. The first kappa shape index (κ1) is 25.6. The number of likely N-dealkylation sites (tertiary alicyclic amines) is 1. The number of benzene rings is 2. The van der Waals surface area contributed by atoms with Crippen LogP contribution < -0.4 is 5.32 Å². The number of nitrogens with one attached hydrogen (secondary N) is 2. The summed E-state index contributed by atoms with van der Waals surface area (Å²) in [4.78, 5) is 19.5. The van der Waals surface area contributed by atoms with Crippen LogP contribution in [0.3, 0.4) is 0 Å². The highest BCUT2D eigenvalue weighted by molar-refractivity contribution is 8.00. The largest absolute Gasteiger partial charge is 0.449 e. The lowest BCUT2D eigenvalue weighted by Gasteiger charge is -2.33. The van der Waals surface area contributed by atoms with Crippen LogP contribution in [-0.4, -0.2) is 47.0 Å². The highest BCUT2D eigenvalue weighted by Gasteiger charge is 2.23. The zero-order valence-electron chi connectivity index (χ0n) is 21.5. The molecule has 1 aromatic heterocycles. The summed E-state index contributed by atoms with van der Waals surface area (Å²) in [6.45, 7) is 12.9. The van der Waals surface area contributed by atoms with E-state index < -0.39 is 0 Å². The Hall–Kier alpha value is -2.44. The molecule has 1 saturated heterocycles. The fraction of sp³-hybridized carbons (Fsp3) is 0.483. The second-order valence-corrected chi connectivity index (χ2v) is 12.6. The number of ether oxygens (including phenoxy) is 1. The van der Waals surface area contributed by atoms with Crippen molar-refractivity contribution in [1.29, 1.82) is 0 Å². The number of nitrogens with zero attached hydrogens (tertiary/aromatic N) is 1. The molecule has 4 rings (SSSR count). The van der Waals surface area contributed by atoms with Gasteiger partial charge in [-0.2, -0.15) is 0 Å². The molecule has 5 nitrogen and oxygen atoms in total. The average Bonchev–Trinajstić information content (AvgIpc) is 3.20. The Labute approximate surface area is 214 Å². The molecule has 1 fully saturated rings. The standard InChI is InChI=1S/C29H39N3O2S/c1-21-11-12-26-25(16-21)23(17-31-26)13-14-30-28(33)34-20-22-8-7-15-32(18-22)19-24-9-5-6-10-27(24)35-29(2,3)4/h5-6,9-12,16-17,22,31H,7-8,13-15,18-20H2,1-4H3,(H,30,33). The number of hydrogen-bond donors (Lipinski definition) is 2. The zero-order valence-corrected chi connectivity index (χ0v) is 22.3. The molecule has 0 radical (unpaired) electrons. The molecule has 6 heteroatoms. The topological polar surface area (TPSA) is 57.4 Å². The predicted octanol–water partition coefficient (Wildman–Crippen LogP) is 6.55. The Balaban J connectivity index is 1.21. The number of aromatic nitrogens is 1. The van der Waals surface area contributed by atoms with E-state index in [1.807, 2.05) is 18.0 Å². The molecular formula is C29H39N3O2S. The number of fused-ring (bicyclic) bond motifs is 1. The van der Waals surface area contributed by atoms with Gasteiger partial charge in [0, 0.05) is 52.3 Å². The van der Waals surface area contributed by atoms with Crippen LogP contribution >= 0.6 is 11.8 Å². The number of carbonyl (C=O) groups is 1. The van der Waals surface area contributed by atoms with Gasteiger partial charge in [0.1, 0.15) is 0 Å². The summed E-state index contributed by atoms with van der Waals surface area (Å²) in [6, 6.07) is 15.1. The number of amides is 1. The molecule has 2 heterocycles. The van der Waals surface area contributed by atoms with Crippen molar-refractivity contribution in [3.63, 3.8) is 0 Å². The minimum atomic E-state index is -0.315. The number of aromatic amines is 1. The zero-order chi connectivity index (χ0) is 24.8. The first-order valence-electron chi connectivity index (χ1n) is 12.7. The van der Waals surface area contributed by atoms with Crippen LogP contribution in [0.5, 0.6) is 0 Å². The summed E-state index contributed by atoms with van der Waals surface area (Å²) >= 11 is 1.93. The Kier molecular flexibility index (Phi) is 8.45. The van der Waals surface area contributed by atoms with Crippen molar-refractivity contribution in [1.82, 2.24) is 15.2 Å². The van der Waals surface area contributed by atoms with Crippen molar-refractivity contribution in [3.05, 3.63) is 65.4 Å². The van der Waals surface area contributed by atoms with Crippen molar-refractivity contribution < 1.29 is 9.53 Å². The molecule has 188 valence electrons. The lowest BCUT2D eigenvalue weighted by atomic mass is 9.98. The molecule has 1 aliphatic heterocycles. The number of aryl methyl sites for hydroxylation is 1. The van der Waals surface area contributed by atoms with Gasteiger partial charge in [0.15, 0.2) is 0 Å². The summed E-state index contributed by atoms with van der Waals surface area (Å²) in [5, 5.41) is 4.16. The number of H-pyrrole nitrogens is 1. The van der Waals surface area contributed by atoms with Crippen LogP contribution in [0.25, 0.3) is 10.9 Å². The van der Waals surface area contributed by atoms with Gasteiger partial charge in [0.25, 0.3) is 0 Å². The van der Waals surface area contributed by atoms with E-state index in [0.717, 1.165) is 44.4 Å². The van der Waals surface area contributed by atoms with Crippen LogP contribution in [0.2, 0.25) is 0 Å². The SMILES string of the molecule is Cc1ccc2[nH]cc(CCNC(=O)OCC3CCCN(Cc4ccccc4SC(C)(C)C)C3)c2c1. The van der Waals surface area contributed by atoms with Gasteiger partial charge in [0.2, 0.25) is 0 Å². The maximum absolute atomic E-state index is 12.3. The van der Waals surface area contributed by atoms with E-state index in [4.69, 9.17) is 4.74 Å². The van der Waals surface area contributed by atoms with Gasteiger partial charge in [0.05, 0.1) is 6.61 Å². The average molecular weight is 494 g/mol. The number of hydrogen-bond acceptors (Lipinski definition) is 4. The molecular weight excluding hydrogens is 454 g/mol. The second kappa shape index (κ2) is 11.5. The summed E-state index contributed by atoms with van der Waals surface area (Å²) < 4.78 is 5.80. The quantitative estimate of drug-likeness (QED) is 0.350. The van der Waals surface area contributed by atoms with E-state index in [1.165, 1.54) is 27.0 Å². The summed E-state index contributed by atoms with van der Waals surface area (Å²) in [6.07, 6.45) is 4.75. The number of thioether (sulfide) groups is 1. The Morgan fingerprint density at radius 3 is 2.86 bits per heavy atom. The third-order valence-electron chi connectivity index (χ3n) is 6.42. The van der Waals surface area contributed by atoms with Crippen molar-refractivity contribution in [2.75, 3.05) is 26.2 Å². The van der Waals surface area contributed by atoms with Crippen molar-refractivity contribution in [2.24, 2.45) is 5.92 Å². The summed E-state index contributed by atoms with van der Waals surface area (Å²) in [5.41, 5.74) is 4.98. The number of piperidine rings is 1. The predicted molar refractivity (Wildman–Crippen MR) is 146 cm³/mol. The molecule has 0 aliphatic carbocycles. The van der Waals surface area contributed by atoms with Gasteiger partial charge in [-0.15, -0.1) is 11.8 Å². The maximum atomic E-state index is 12.3. The minimum Gasteiger partial charge on any atom is -0.449 e. The van der Waals surface area contributed by atoms with Gasteiger partial charge in [-0.1, -0.05) is 50.6 Å². The summed E-state index contributed by atoms with van der Waals surface area (Å²) in [5.74, 6) is 0.383. The van der Waals surface area contributed by atoms with Crippen LogP contribution in [0.15, 0.2) is 53.6 Å². The number of alkyl carbamates (subject to hydrolysis) is 1. The monoisotopic (exact) mass is 493 g/mol. The molecule has 0 saturated carbocycles. The maximum Gasteiger partial charge on any atom is 0.407 e. The van der Waals surface area contributed by atoms with Crippen molar-refractivity contribution >= 4 is 28.8 Å². The van der Waals surface area contributed by atoms with E-state index in [9.17, 15) is 4.79 Å². The van der Waals surface area contributed by atoms with Gasteiger partial charge in [-0.05, 0) is 62.1 Å². The van der Waals surface area contributed by atoms with Crippen LogP contribution in [0, 0.1) is 12.8 Å². The smallest absolute Gasteiger partial charge is 0.407 e. The Bertz CT molecular complexity index is 1130. The Morgan fingerprint density at radius 1 is 1.20 bits per heavy atom. The lowest BCUT2D eigenvalue weighted by molar-refractivity contribution is 0.0868. The minimum absolute atomic E-state index is 0.189. The number of rotatable bonds is 8. The van der Waals surface area contributed by atoms with Crippen LogP contribution in [0.1, 0.15) is 50.3 Å². The third kappa shape index (κ3) is 7.52.